The molecule has 4 rings (SSSR count). The van der Waals surface area contributed by atoms with Crippen LogP contribution in [0.4, 0.5) is 17.1 Å². The molecule has 0 aliphatic rings. The minimum atomic E-state index is 0.822. The standard InChI is InChI=1S/C32H37N6/c1-35(2)28-14-8-24(9-15-28)31(25-10-16-29(17-11-25)36(3)4)33-34-32(27-20-22-38(7)23-21-27)26-12-18-30(19-13-26)37(5)6/h8-23H,1-7H3/q+1. The SMILES string of the molecule is CN(C)c1ccc(C(=N/N=C(\c2ccc(N(C)C)cc2)c2cc[n+](C)cc2)c2ccc(N(C)C)cc2)cc1. The van der Waals surface area contributed by atoms with Gasteiger partial charge in [0.1, 0.15) is 18.5 Å². The average molecular weight is 506 g/mol. The van der Waals surface area contributed by atoms with Gasteiger partial charge in [-0.1, -0.05) is 36.4 Å². The van der Waals surface area contributed by atoms with Crippen LogP contribution in [0.15, 0.2) is 108 Å². The van der Waals surface area contributed by atoms with Gasteiger partial charge in [-0.2, -0.15) is 0 Å². The summed E-state index contributed by atoms with van der Waals surface area (Å²) in [7, 11) is 14.3. The normalized spacial score (nSPS) is 11.2. The second kappa shape index (κ2) is 11.7. The van der Waals surface area contributed by atoms with Gasteiger partial charge in [0, 0.05) is 93.7 Å². The Morgan fingerprint density at radius 2 is 0.711 bits per heavy atom. The van der Waals surface area contributed by atoms with Gasteiger partial charge < -0.3 is 14.7 Å². The molecular weight excluding hydrogens is 468 g/mol. The number of benzene rings is 3. The Morgan fingerprint density at radius 3 is 0.974 bits per heavy atom. The lowest BCUT2D eigenvalue weighted by Gasteiger charge is -2.15. The summed E-state index contributed by atoms with van der Waals surface area (Å²) < 4.78 is 2.02. The average Bonchev–Trinajstić information content (AvgIpc) is 2.92. The molecule has 194 valence electrons. The Morgan fingerprint density at radius 1 is 0.447 bits per heavy atom. The summed E-state index contributed by atoms with van der Waals surface area (Å²) in [6.07, 6.45) is 4.06. The summed E-state index contributed by atoms with van der Waals surface area (Å²) in [5.41, 5.74) is 9.11. The molecule has 0 aliphatic carbocycles. The first kappa shape index (κ1) is 26.6. The Bertz CT molecular complexity index is 1340. The van der Waals surface area contributed by atoms with E-state index in [1.54, 1.807) is 0 Å². The minimum Gasteiger partial charge on any atom is -0.378 e. The van der Waals surface area contributed by atoms with E-state index in [4.69, 9.17) is 10.2 Å². The van der Waals surface area contributed by atoms with E-state index in [0.717, 1.165) is 50.7 Å². The van der Waals surface area contributed by atoms with Gasteiger partial charge in [0.25, 0.3) is 0 Å². The molecule has 0 saturated carbocycles. The summed E-state index contributed by atoms with van der Waals surface area (Å²) in [4.78, 5) is 6.28. The second-order valence-electron chi connectivity index (χ2n) is 9.97. The third-order valence-electron chi connectivity index (χ3n) is 6.47. The molecule has 6 heteroatoms. The van der Waals surface area contributed by atoms with Crippen LogP contribution in [0.5, 0.6) is 0 Å². The number of hydrogen-bond donors (Lipinski definition) is 0. The van der Waals surface area contributed by atoms with Gasteiger partial charge >= 0.3 is 0 Å². The van der Waals surface area contributed by atoms with Gasteiger partial charge in [-0.15, -0.1) is 10.2 Å². The van der Waals surface area contributed by atoms with E-state index in [0.29, 0.717) is 0 Å². The van der Waals surface area contributed by atoms with Crippen LogP contribution in [-0.2, 0) is 7.05 Å². The third-order valence-corrected chi connectivity index (χ3v) is 6.47. The van der Waals surface area contributed by atoms with Crippen LogP contribution >= 0.6 is 0 Å². The number of hydrogen-bond acceptors (Lipinski definition) is 5. The maximum atomic E-state index is 4.91. The lowest BCUT2D eigenvalue weighted by molar-refractivity contribution is -0.671. The van der Waals surface area contributed by atoms with Gasteiger partial charge in [-0.3, -0.25) is 0 Å². The molecule has 6 nitrogen and oxygen atoms in total. The molecule has 0 atom stereocenters. The van der Waals surface area contributed by atoms with E-state index >= 15 is 0 Å². The Hall–Kier alpha value is -4.45. The molecular formula is C32H37N6+. The number of aryl methyl sites for hydroxylation is 1. The topological polar surface area (TPSA) is 38.3 Å². The van der Waals surface area contributed by atoms with Gasteiger partial charge in [0.15, 0.2) is 12.4 Å². The van der Waals surface area contributed by atoms with Crippen molar-refractivity contribution >= 4 is 28.5 Å². The Labute approximate surface area is 226 Å². The lowest BCUT2D eigenvalue weighted by atomic mass is 10.0. The van der Waals surface area contributed by atoms with Crippen LogP contribution in [0.1, 0.15) is 22.3 Å². The summed E-state index contributed by atoms with van der Waals surface area (Å²) >= 11 is 0. The fourth-order valence-corrected chi connectivity index (χ4v) is 4.08. The van der Waals surface area contributed by atoms with E-state index < -0.39 is 0 Å². The van der Waals surface area contributed by atoms with Crippen LogP contribution in [0.3, 0.4) is 0 Å². The summed E-state index contributed by atoms with van der Waals surface area (Å²) in [5, 5.41) is 9.80. The smallest absolute Gasteiger partial charge is 0.169 e. The van der Waals surface area contributed by atoms with Gasteiger partial charge in [0.2, 0.25) is 0 Å². The van der Waals surface area contributed by atoms with Crippen molar-refractivity contribution in [3.63, 3.8) is 0 Å². The predicted octanol–water partition coefficient (Wildman–Crippen LogP) is 5.00. The number of nitrogens with zero attached hydrogens (tertiary/aromatic N) is 6. The molecule has 1 aromatic heterocycles. The summed E-state index contributed by atoms with van der Waals surface area (Å²) in [6.45, 7) is 0. The summed E-state index contributed by atoms with van der Waals surface area (Å²) in [6, 6.07) is 29.5. The first-order valence-electron chi connectivity index (χ1n) is 12.7. The number of pyridine rings is 1. The molecule has 0 fully saturated rings. The van der Waals surface area contributed by atoms with Crippen molar-refractivity contribution < 1.29 is 4.57 Å². The highest BCUT2D eigenvalue weighted by atomic mass is 15.2. The van der Waals surface area contributed by atoms with Gasteiger partial charge in [-0.05, 0) is 36.4 Å². The van der Waals surface area contributed by atoms with Gasteiger partial charge in [0.05, 0.1) is 0 Å². The molecule has 0 spiro atoms. The molecule has 0 amide bonds. The van der Waals surface area contributed by atoms with Crippen molar-refractivity contribution in [2.24, 2.45) is 17.3 Å². The molecule has 38 heavy (non-hydrogen) atoms. The first-order chi connectivity index (χ1) is 18.2. The third kappa shape index (κ3) is 6.27. The van der Waals surface area contributed by atoms with E-state index in [1.807, 2.05) is 66.3 Å². The fraction of sp³-hybridized carbons (Fsp3) is 0.219. The Balaban J connectivity index is 1.86. The minimum absolute atomic E-state index is 0.822. The van der Waals surface area contributed by atoms with Crippen molar-refractivity contribution in [3.05, 3.63) is 120 Å². The van der Waals surface area contributed by atoms with E-state index in [1.165, 1.54) is 0 Å². The molecule has 0 saturated heterocycles. The second-order valence-corrected chi connectivity index (χ2v) is 9.97. The van der Waals surface area contributed by atoms with E-state index in [-0.39, 0.29) is 0 Å². The van der Waals surface area contributed by atoms with Gasteiger partial charge in [-0.25, -0.2) is 4.57 Å². The highest BCUT2D eigenvalue weighted by Gasteiger charge is 2.13. The van der Waals surface area contributed by atoms with Crippen LogP contribution in [0.2, 0.25) is 0 Å². The molecule has 0 N–H and O–H groups in total. The number of rotatable bonds is 8. The van der Waals surface area contributed by atoms with Crippen molar-refractivity contribution in [3.8, 4) is 0 Å². The molecule has 0 bridgehead atoms. The predicted molar refractivity (Wildman–Crippen MR) is 161 cm³/mol. The summed E-state index contributed by atoms with van der Waals surface area (Å²) in [5.74, 6) is 0. The maximum absolute atomic E-state index is 4.91. The van der Waals surface area contributed by atoms with Crippen LogP contribution in [-0.4, -0.2) is 53.7 Å². The van der Waals surface area contributed by atoms with Crippen molar-refractivity contribution in [1.29, 1.82) is 0 Å². The highest BCUT2D eigenvalue weighted by molar-refractivity contribution is 6.15. The highest BCUT2D eigenvalue weighted by Crippen LogP contribution is 2.21. The Kier molecular flexibility index (Phi) is 8.22. The maximum Gasteiger partial charge on any atom is 0.169 e. The first-order valence-corrected chi connectivity index (χ1v) is 12.7. The van der Waals surface area contributed by atoms with Crippen molar-refractivity contribution in [1.82, 2.24) is 0 Å². The zero-order chi connectivity index (χ0) is 27.2. The zero-order valence-electron chi connectivity index (χ0n) is 23.4. The largest absolute Gasteiger partial charge is 0.378 e. The quantitative estimate of drug-likeness (QED) is 0.192. The molecule has 0 unspecified atom stereocenters. The van der Waals surface area contributed by atoms with Crippen molar-refractivity contribution in [2.45, 2.75) is 0 Å². The molecule has 4 aromatic rings. The van der Waals surface area contributed by atoms with E-state index in [9.17, 15) is 0 Å². The van der Waals surface area contributed by atoms with E-state index in [2.05, 4.69) is 99.6 Å². The monoisotopic (exact) mass is 505 g/mol. The molecule has 1 heterocycles. The molecule has 0 radical (unpaired) electrons. The zero-order valence-corrected chi connectivity index (χ0v) is 23.4. The number of aromatic nitrogens is 1. The molecule has 0 aliphatic heterocycles. The number of anilines is 3. The van der Waals surface area contributed by atoms with Crippen LogP contribution in [0.25, 0.3) is 0 Å². The van der Waals surface area contributed by atoms with Crippen LogP contribution in [0, 0.1) is 0 Å². The lowest BCUT2D eigenvalue weighted by Crippen LogP contribution is -2.26. The fourth-order valence-electron chi connectivity index (χ4n) is 4.08. The van der Waals surface area contributed by atoms with Crippen LogP contribution < -0.4 is 19.3 Å². The van der Waals surface area contributed by atoms with Crippen molar-refractivity contribution in [2.75, 3.05) is 57.0 Å². The molecule has 3 aromatic carbocycles.